The average molecular weight is 334 g/mol. The summed E-state index contributed by atoms with van der Waals surface area (Å²) in [5.41, 5.74) is 0.786. The number of phenolic OH excluding ortho intramolecular Hbond substituents is 1. The van der Waals surface area contributed by atoms with Gasteiger partial charge in [0, 0.05) is 5.02 Å². The van der Waals surface area contributed by atoms with Crippen LogP contribution in [0.5, 0.6) is 5.75 Å². The van der Waals surface area contributed by atoms with Crippen molar-refractivity contribution in [3.8, 4) is 5.75 Å². The van der Waals surface area contributed by atoms with Gasteiger partial charge in [-0.25, -0.2) is 4.79 Å². The molecule has 1 amide bonds. The van der Waals surface area contributed by atoms with E-state index in [1.165, 1.54) is 12.1 Å². The first-order chi connectivity index (χ1) is 11.0. The molecule has 6 heteroatoms. The molecule has 0 aliphatic heterocycles. The van der Waals surface area contributed by atoms with Crippen molar-refractivity contribution in [3.05, 3.63) is 64.7 Å². The predicted octanol–water partition coefficient (Wildman–Crippen LogP) is 3.08. The number of amides is 1. The minimum atomic E-state index is -0.761. The quantitative estimate of drug-likeness (QED) is 0.824. The zero-order valence-electron chi connectivity index (χ0n) is 12.5. The minimum Gasteiger partial charge on any atom is -0.507 e. The summed E-state index contributed by atoms with van der Waals surface area (Å²) in [5, 5.41) is 12.8. The topological polar surface area (TPSA) is 75.6 Å². The molecule has 0 aliphatic rings. The molecule has 0 saturated carbocycles. The van der Waals surface area contributed by atoms with E-state index in [9.17, 15) is 14.7 Å². The Bertz CT molecular complexity index is 717. The Balaban J connectivity index is 1.89. The molecule has 2 aromatic rings. The monoisotopic (exact) mass is 333 g/mol. The van der Waals surface area contributed by atoms with Crippen LogP contribution in [0.2, 0.25) is 5.02 Å². The van der Waals surface area contributed by atoms with Gasteiger partial charge in [-0.2, -0.15) is 0 Å². The van der Waals surface area contributed by atoms with Crippen molar-refractivity contribution in [2.24, 2.45) is 0 Å². The zero-order valence-corrected chi connectivity index (χ0v) is 13.2. The Labute approximate surface area is 138 Å². The minimum absolute atomic E-state index is 0.0134. The summed E-state index contributed by atoms with van der Waals surface area (Å²) >= 11 is 6.06. The van der Waals surface area contributed by atoms with Crippen LogP contribution in [-0.2, 0) is 9.53 Å². The molecule has 0 heterocycles. The van der Waals surface area contributed by atoms with Crippen molar-refractivity contribution < 1.29 is 19.4 Å². The maximum Gasteiger partial charge on any atom is 0.342 e. The summed E-state index contributed by atoms with van der Waals surface area (Å²) in [5.74, 6) is -1.41. The molecule has 2 N–H and O–H groups in total. The number of ether oxygens (including phenoxy) is 1. The summed E-state index contributed by atoms with van der Waals surface area (Å²) in [6.45, 7) is 1.34. The number of halogens is 1. The normalized spacial score (nSPS) is 11.6. The van der Waals surface area contributed by atoms with Crippen molar-refractivity contribution in [1.29, 1.82) is 0 Å². The van der Waals surface area contributed by atoms with E-state index in [1.54, 1.807) is 37.3 Å². The zero-order chi connectivity index (χ0) is 16.8. The lowest BCUT2D eigenvalue weighted by Gasteiger charge is -2.15. The molecule has 0 aromatic heterocycles. The van der Waals surface area contributed by atoms with Crippen molar-refractivity contribution in [3.63, 3.8) is 0 Å². The Morgan fingerprint density at radius 2 is 1.83 bits per heavy atom. The van der Waals surface area contributed by atoms with Crippen LogP contribution >= 0.6 is 11.6 Å². The molecular weight excluding hydrogens is 318 g/mol. The first-order valence-electron chi connectivity index (χ1n) is 6.98. The van der Waals surface area contributed by atoms with Crippen LogP contribution in [0.4, 0.5) is 0 Å². The van der Waals surface area contributed by atoms with Gasteiger partial charge in [0.15, 0.2) is 6.61 Å². The Morgan fingerprint density at radius 3 is 2.52 bits per heavy atom. The van der Waals surface area contributed by atoms with E-state index in [1.807, 2.05) is 6.07 Å². The van der Waals surface area contributed by atoms with Crippen LogP contribution in [0.15, 0.2) is 48.5 Å². The van der Waals surface area contributed by atoms with Gasteiger partial charge in [0.2, 0.25) is 0 Å². The Morgan fingerprint density at radius 1 is 1.17 bits per heavy atom. The lowest BCUT2D eigenvalue weighted by molar-refractivity contribution is -0.124. The fraction of sp³-hybridized carbons (Fsp3) is 0.176. The van der Waals surface area contributed by atoms with Crippen molar-refractivity contribution in [1.82, 2.24) is 5.32 Å². The van der Waals surface area contributed by atoms with E-state index < -0.39 is 18.5 Å². The van der Waals surface area contributed by atoms with Gasteiger partial charge in [0.1, 0.15) is 11.3 Å². The maximum atomic E-state index is 11.9. The number of esters is 1. The highest BCUT2D eigenvalue weighted by Gasteiger charge is 2.16. The molecule has 0 aliphatic carbocycles. The van der Waals surface area contributed by atoms with Crippen molar-refractivity contribution in [2.45, 2.75) is 13.0 Å². The highest BCUT2D eigenvalue weighted by atomic mass is 35.5. The number of phenols is 1. The van der Waals surface area contributed by atoms with Crippen LogP contribution in [0.1, 0.15) is 28.9 Å². The lowest BCUT2D eigenvalue weighted by Crippen LogP contribution is -2.31. The molecule has 0 unspecified atom stereocenters. The summed E-state index contributed by atoms with van der Waals surface area (Å²) < 4.78 is 4.89. The molecule has 0 saturated heterocycles. The van der Waals surface area contributed by atoms with E-state index in [-0.39, 0.29) is 17.4 Å². The van der Waals surface area contributed by atoms with Gasteiger partial charge in [-0.05, 0) is 30.7 Å². The van der Waals surface area contributed by atoms with Crippen LogP contribution in [-0.4, -0.2) is 23.6 Å². The van der Waals surface area contributed by atoms with E-state index in [4.69, 9.17) is 16.3 Å². The van der Waals surface area contributed by atoms with Crippen molar-refractivity contribution >= 4 is 23.5 Å². The molecule has 23 heavy (non-hydrogen) atoms. The fourth-order valence-electron chi connectivity index (χ4n) is 2.04. The molecule has 2 aromatic carbocycles. The van der Waals surface area contributed by atoms with Gasteiger partial charge in [-0.3, -0.25) is 4.79 Å². The molecule has 0 bridgehead atoms. The van der Waals surface area contributed by atoms with Gasteiger partial charge >= 0.3 is 5.97 Å². The SMILES string of the molecule is C[C@H](NC(=O)COC(=O)c1ccccc1O)c1ccccc1Cl. The number of carbonyl (C=O) groups excluding carboxylic acids is 2. The van der Waals surface area contributed by atoms with Gasteiger partial charge in [-0.1, -0.05) is 41.9 Å². The maximum absolute atomic E-state index is 11.9. The predicted molar refractivity (Wildman–Crippen MR) is 86.4 cm³/mol. The smallest absolute Gasteiger partial charge is 0.342 e. The fourth-order valence-corrected chi connectivity index (χ4v) is 2.34. The number of hydrogen-bond donors (Lipinski definition) is 2. The van der Waals surface area contributed by atoms with Gasteiger partial charge in [0.05, 0.1) is 6.04 Å². The highest BCUT2D eigenvalue weighted by molar-refractivity contribution is 6.31. The van der Waals surface area contributed by atoms with Crippen LogP contribution < -0.4 is 5.32 Å². The Kier molecular flexibility index (Phi) is 5.60. The number of rotatable bonds is 5. The van der Waals surface area contributed by atoms with Crippen LogP contribution in [0.3, 0.4) is 0 Å². The molecule has 0 spiro atoms. The van der Waals surface area contributed by atoms with Gasteiger partial charge < -0.3 is 15.2 Å². The number of nitrogens with one attached hydrogen (secondary N) is 1. The number of carbonyl (C=O) groups is 2. The van der Waals surface area contributed by atoms with E-state index in [0.717, 1.165) is 5.56 Å². The number of hydrogen-bond acceptors (Lipinski definition) is 4. The van der Waals surface area contributed by atoms with E-state index in [0.29, 0.717) is 5.02 Å². The third-order valence-electron chi connectivity index (χ3n) is 3.21. The summed E-state index contributed by atoms with van der Waals surface area (Å²) in [7, 11) is 0. The summed E-state index contributed by atoms with van der Waals surface area (Å²) in [6.07, 6.45) is 0. The van der Waals surface area contributed by atoms with E-state index in [2.05, 4.69) is 5.32 Å². The first kappa shape index (κ1) is 16.8. The molecule has 0 radical (unpaired) electrons. The molecule has 120 valence electrons. The second kappa shape index (κ2) is 7.65. The van der Waals surface area contributed by atoms with Gasteiger partial charge in [0.25, 0.3) is 5.91 Å². The second-order valence-corrected chi connectivity index (χ2v) is 5.31. The average Bonchev–Trinajstić information content (AvgIpc) is 2.53. The number of aromatic hydroxyl groups is 1. The molecule has 2 rings (SSSR count). The van der Waals surface area contributed by atoms with Crippen LogP contribution in [0, 0.1) is 0 Å². The summed E-state index contributed by atoms with van der Waals surface area (Å²) in [4.78, 5) is 23.7. The van der Waals surface area contributed by atoms with Crippen molar-refractivity contribution in [2.75, 3.05) is 6.61 Å². The standard InChI is InChI=1S/C17H16ClNO4/c1-11(12-6-2-4-8-14(12)18)19-16(21)10-23-17(22)13-7-3-5-9-15(13)20/h2-9,11,20H,10H2,1H3,(H,19,21)/t11-/m0/s1. The molecule has 1 atom stereocenters. The second-order valence-electron chi connectivity index (χ2n) is 4.90. The number of para-hydroxylation sites is 1. The lowest BCUT2D eigenvalue weighted by atomic mass is 10.1. The number of benzene rings is 2. The van der Waals surface area contributed by atoms with Gasteiger partial charge in [-0.15, -0.1) is 0 Å². The van der Waals surface area contributed by atoms with Crippen LogP contribution in [0.25, 0.3) is 0 Å². The summed E-state index contributed by atoms with van der Waals surface area (Å²) in [6, 6.07) is 12.8. The molecular formula is C17H16ClNO4. The Hall–Kier alpha value is -2.53. The largest absolute Gasteiger partial charge is 0.507 e. The molecule has 5 nitrogen and oxygen atoms in total. The first-order valence-corrected chi connectivity index (χ1v) is 7.35. The third-order valence-corrected chi connectivity index (χ3v) is 3.55. The highest BCUT2D eigenvalue weighted by Crippen LogP contribution is 2.22. The third kappa shape index (κ3) is 4.47. The van der Waals surface area contributed by atoms with E-state index >= 15 is 0 Å². The molecule has 0 fully saturated rings.